The lowest BCUT2D eigenvalue weighted by Crippen LogP contribution is -2.41. The first-order chi connectivity index (χ1) is 13.4. The van der Waals surface area contributed by atoms with Crippen LogP contribution in [0.25, 0.3) is 0 Å². The largest absolute Gasteiger partial charge is 0.340 e. The Bertz CT molecular complexity index is 1040. The van der Waals surface area contributed by atoms with Crippen molar-refractivity contribution in [1.82, 2.24) is 9.88 Å². The number of benzene rings is 2. The van der Waals surface area contributed by atoms with Crippen LogP contribution in [-0.4, -0.2) is 37.8 Å². The predicted molar refractivity (Wildman–Crippen MR) is 106 cm³/mol. The van der Waals surface area contributed by atoms with Crippen LogP contribution in [0.5, 0.6) is 0 Å². The highest BCUT2D eigenvalue weighted by Crippen LogP contribution is 2.25. The van der Waals surface area contributed by atoms with E-state index in [0.717, 1.165) is 15.6 Å². The van der Waals surface area contributed by atoms with E-state index in [0.29, 0.717) is 5.56 Å². The first kappa shape index (κ1) is 20.0. The van der Waals surface area contributed by atoms with Gasteiger partial charge in [0.1, 0.15) is 12.4 Å². The lowest BCUT2D eigenvalue weighted by atomic mass is 10.2. The molecule has 1 amide bonds. The molecule has 0 aliphatic carbocycles. The smallest absolute Gasteiger partial charge is 0.266 e. The van der Waals surface area contributed by atoms with E-state index in [9.17, 15) is 17.6 Å². The molecule has 0 saturated heterocycles. The number of hydrogen-bond acceptors (Lipinski definition) is 5. The van der Waals surface area contributed by atoms with Gasteiger partial charge in [-0.05, 0) is 18.2 Å². The third-order valence-electron chi connectivity index (χ3n) is 4.03. The second kappa shape index (κ2) is 8.49. The number of halogens is 1. The first-order valence-electron chi connectivity index (χ1n) is 8.34. The quantitative estimate of drug-likeness (QED) is 0.590. The zero-order chi connectivity index (χ0) is 20.1. The zero-order valence-electron chi connectivity index (χ0n) is 15.0. The van der Waals surface area contributed by atoms with E-state index in [1.807, 2.05) is 0 Å². The highest BCUT2D eigenvalue weighted by atomic mass is 32.2. The van der Waals surface area contributed by atoms with Gasteiger partial charge in [-0.15, -0.1) is 11.3 Å². The van der Waals surface area contributed by atoms with Crippen LogP contribution in [0.1, 0.15) is 5.56 Å². The van der Waals surface area contributed by atoms with Gasteiger partial charge >= 0.3 is 0 Å². The van der Waals surface area contributed by atoms with Crippen LogP contribution in [0.3, 0.4) is 0 Å². The summed E-state index contributed by atoms with van der Waals surface area (Å²) in [4.78, 5) is 18.1. The molecular weight excluding hydrogens is 401 g/mol. The van der Waals surface area contributed by atoms with Crippen molar-refractivity contribution in [3.8, 4) is 0 Å². The van der Waals surface area contributed by atoms with E-state index < -0.39 is 28.3 Å². The predicted octanol–water partition coefficient (Wildman–Crippen LogP) is 3.14. The Kier molecular flexibility index (Phi) is 6.05. The van der Waals surface area contributed by atoms with Crippen molar-refractivity contribution in [2.45, 2.75) is 11.4 Å². The fraction of sp³-hybridized carbons (Fsp3) is 0.158. The highest BCUT2D eigenvalue weighted by Gasteiger charge is 2.29. The van der Waals surface area contributed by atoms with Gasteiger partial charge in [-0.3, -0.25) is 4.79 Å². The normalized spacial score (nSPS) is 11.2. The third kappa shape index (κ3) is 4.37. The average Bonchev–Trinajstić information content (AvgIpc) is 3.22. The van der Waals surface area contributed by atoms with Crippen molar-refractivity contribution in [2.24, 2.45) is 0 Å². The number of carbonyl (C=O) groups excluding carboxylic acids is 1. The number of sulfonamides is 1. The molecule has 0 aliphatic heterocycles. The summed E-state index contributed by atoms with van der Waals surface area (Å²) in [5.74, 6) is -0.895. The van der Waals surface area contributed by atoms with Crippen molar-refractivity contribution in [2.75, 3.05) is 17.9 Å². The first-order valence-corrected chi connectivity index (χ1v) is 10.7. The Morgan fingerprint density at radius 3 is 2.43 bits per heavy atom. The molecule has 1 aromatic heterocycles. The van der Waals surface area contributed by atoms with Gasteiger partial charge in [-0.2, -0.15) is 0 Å². The Hall–Kier alpha value is -2.78. The molecule has 146 valence electrons. The minimum Gasteiger partial charge on any atom is -0.340 e. The van der Waals surface area contributed by atoms with E-state index in [1.54, 1.807) is 41.8 Å². The van der Waals surface area contributed by atoms with Crippen LogP contribution >= 0.6 is 11.3 Å². The van der Waals surface area contributed by atoms with E-state index in [-0.39, 0.29) is 16.6 Å². The zero-order valence-corrected chi connectivity index (χ0v) is 16.7. The molecule has 9 heteroatoms. The van der Waals surface area contributed by atoms with Crippen LogP contribution in [-0.2, 0) is 21.4 Å². The number of rotatable bonds is 7. The fourth-order valence-corrected chi connectivity index (χ4v) is 4.79. The maximum Gasteiger partial charge on any atom is 0.266 e. The van der Waals surface area contributed by atoms with Crippen molar-refractivity contribution in [3.05, 3.63) is 77.6 Å². The summed E-state index contributed by atoms with van der Waals surface area (Å²) < 4.78 is 41.0. The molecule has 0 N–H and O–H groups in total. The molecule has 3 aromatic rings. The second-order valence-electron chi connectivity index (χ2n) is 5.98. The van der Waals surface area contributed by atoms with E-state index in [2.05, 4.69) is 4.98 Å². The Labute approximate surface area is 166 Å². The minimum atomic E-state index is -3.97. The fourth-order valence-electron chi connectivity index (χ4n) is 2.53. The summed E-state index contributed by atoms with van der Waals surface area (Å²) >= 11 is 1.12. The molecule has 6 nitrogen and oxygen atoms in total. The summed E-state index contributed by atoms with van der Waals surface area (Å²) in [6, 6.07) is 14.0. The summed E-state index contributed by atoms with van der Waals surface area (Å²) in [5, 5.41) is 1.83. The standard InChI is InChI=1S/C19H18FN3O3S2/c1-22(13-15-7-5-6-10-17(15)20)18(24)14-23(19-21-11-12-27-19)28(25,26)16-8-3-2-4-9-16/h2-12H,13-14H2,1H3. The Morgan fingerprint density at radius 2 is 1.79 bits per heavy atom. The van der Waals surface area contributed by atoms with Gasteiger partial charge in [0.15, 0.2) is 5.13 Å². The monoisotopic (exact) mass is 419 g/mol. The van der Waals surface area contributed by atoms with Gasteiger partial charge in [-0.25, -0.2) is 22.1 Å². The molecule has 0 bridgehead atoms. The molecule has 0 atom stereocenters. The molecule has 0 radical (unpaired) electrons. The van der Waals surface area contributed by atoms with Crippen molar-refractivity contribution >= 4 is 32.4 Å². The van der Waals surface area contributed by atoms with Crippen LogP contribution < -0.4 is 4.31 Å². The number of carbonyl (C=O) groups is 1. The number of likely N-dealkylation sites (N-methyl/N-ethyl adjacent to an activating group) is 1. The van der Waals surface area contributed by atoms with Gasteiger partial charge in [0, 0.05) is 30.7 Å². The third-order valence-corrected chi connectivity index (χ3v) is 6.69. The van der Waals surface area contributed by atoms with Gasteiger partial charge < -0.3 is 4.90 Å². The Morgan fingerprint density at radius 1 is 1.11 bits per heavy atom. The summed E-state index contributed by atoms with van der Waals surface area (Å²) in [6.45, 7) is -0.404. The van der Waals surface area contributed by atoms with Gasteiger partial charge in [0.25, 0.3) is 10.0 Å². The maximum atomic E-state index is 13.9. The SMILES string of the molecule is CN(Cc1ccccc1F)C(=O)CN(c1nccs1)S(=O)(=O)c1ccccc1. The number of nitrogens with zero attached hydrogens (tertiary/aromatic N) is 3. The van der Waals surface area contributed by atoms with Crippen LogP contribution in [0.2, 0.25) is 0 Å². The summed E-state index contributed by atoms with van der Waals surface area (Å²) in [7, 11) is -2.47. The molecule has 0 fully saturated rings. The average molecular weight is 420 g/mol. The lowest BCUT2D eigenvalue weighted by molar-refractivity contribution is -0.128. The van der Waals surface area contributed by atoms with Crippen molar-refractivity contribution in [3.63, 3.8) is 0 Å². The van der Waals surface area contributed by atoms with Crippen LogP contribution in [0.15, 0.2) is 71.1 Å². The number of thiazole rings is 1. The minimum absolute atomic E-state index is 0.0304. The van der Waals surface area contributed by atoms with Gasteiger partial charge in [-0.1, -0.05) is 36.4 Å². The van der Waals surface area contributed by atoms with Gasteiger partial charge in [0.2, 0.25) is 5.91 Å². The van der Waals surface area contributed by atoms with Crippen LogP contribution in [0.4, 0.5) is 9.52 Å². The summed E-state index contributed by atoms with van der Waals surface area (Å²) in [5.41, 5.74) is 0.352. The molecule has 0 spiro atoms. The molecule has 3 rings (SSSR count). The molecule has 0 saturated carbocycles. The van der Waals surface area contributed by atoms with E-state index in [4.69, 9.17) is 0 Å². The maximum absolute atomic E-state index is 13.9. The molecule has 2 aromatic carbocycles. The molecular formula is C19H18FN3O3S2. The number of hydrogen-bond donors (Lipinski definition) is 0. The molecule has 0 unspecified atom stereocenters. The van der Waals surface area contributed by atoms with Crippen molar-refractivity contribution in [1.29, 1.82) is 0 Å². The second-order valence-corrected chi connectivity index (χ2v) is 8.72. The van der Waals surface area contributed by atoms with E-state index >= 15 is 0 Å². The van der Waals surface area contributed by atoms with E-state index in [1.165, 1.54) is 36.3 Å². The molecule has 28 heavy (non-hydrogen) atoms. The van der Waals surface area contributed by atoms with Gasteiger partial charge in [0.05, 0.1) is 4.90 Å². The van der Waals surface area contributed by atoms with Crippen molar-refractivity contribution < 1.29 is 17.6 Å². The highest BCUT2D eigenvalue weighted by molar-refractivity contribution is 7.93. The number of anilines is 1. The summed E-state index contributed by atoms with van der Waals surface area (Å²) in [6.07, 6.45) is 1.47. The molecule has 0 aliphatic rings. The topological polar surface area (TPSA) is 70.6 Å². The number of aromatic nitrogens is 1. The Balaban J connectivity index is 1.84. The number of amides is 1. The lowest BCUT2D eigenvalue weighted by Gasteiger charge is -2.24. The molecule has 1 heterocycles. The van der Waals surface area contributed by atoms with Crippen LogP contribution in [0, 0.1) is 5.82 Å².